The summed E-state index contributed by atoms with van der Waals surface area (Å²) in [4.78, 5) is 10.3. The van der Waals surface area contributed by atoms with E-state index in [1.807, 2.05) is 13.8 Å². The van der Waals surface area contributed by atoms with Crippen LogP contribution in [0.25, 0.3) is 0 Å². The third-order valence-electron chi connectivity index (χ3n) is 3.75. The van der Waals surface area contributed by atoms with Crippen LogP contribution >= 0.6 is 11.3 Å². The van der Waals surface area contributed by atoms with Gasteiger partial charge in [-0.05, 0) is 38.5 Å². The van der Waals surface area contributed by atoms with Gasteiger partial charge in [0.15, 0.2) is 5.96 Å². The van der Waals surface area contributed by atoms with E-state index in [2.05, 4.69) is 27.5 Å². The molecule has 0 saturated carbocycles. The molecule has 1 heterocycles. The number of hydrogen-bond donors (Lipinski definition) is 3. The van der Waals surface area contributed by atoms with E-state index < -0.39 is 5.82 Å². The summed E-state index contributed by atoms with van der Waals surface area (Å²) in [6, 6.07) is 4.69. The molecule has 2 rings (SSSR count). The monoisotopic (exact) mass is 364 g/mol. The Morgan fingerprint density at radius 1 is 1.32 bits per heavy atom. The van der Waals surface area contributed by atoms with Gasteiger partial charge in [-0.15, -0.1) is 11.3 Å². The van der Waals surface area contributed by atoms with Crippen LogP contribution in [0.2, 0.25) is 0 Å². The molecule has 0 fully saturated rings. The molecule has 0 radical (unpaired) electrons. The fourth-order valence-corrected chi connectivity index (χ4v) is 3.23. The molecule has 0 spiro atoms. The fraction of sp³-hybridized carbons (Fsp3) is 0.444. The molecule has 1 aromatic heterocycles. The van der Waals surface area contributed by atoms with Gasteiger partial charge in [-0.2, -0.15) is 0 Å². The van der Waals surface area contributed by atoms with Crippen molar-refractivity contribution in [2.24, 2.45) is 4.99 Å². The Morgan fingerprint density at radius 3 is 2.76 bits per heavy atom. The Morgan fingerprint density at radius 2 is 2.12 bits per heavy atom. The van der Waals surface area contributed by atoms with Gasteiger partial charge in [-0.25, -0.2) is 14.4 Å². The van der Waals surface area contributed by atoms with Crippen molar-refractivity contribution in [3.05, 3.63) is 50.7 Å². The predicted octanol–water partition coefficient (Wildman–Crippen LogP) is 2.69. The first-order valence-electron chi connectivity index (χ1n) is 8.36. The minimum Gasteiger partial charge on any atom is -0.392 e. The van der Waals surface area contributed by atoms with Crippen LogP contribution in [-0.2, 0) is 19.6 Å². The average Bonchev–Trinajstić information content (AvgIpc) is 2.91. The van der Waals surface area contributed by atoms with E-state index in [0.717, 1.165) is 35.8 Å². The van der Waals surface area contributed by atoms with Crippen molar-refractivity contribution in [3.8, 4) is 0 Å². The summed E-state index contributed by atoms with van der Waals surface area (Å²) in [5.41, 5.74) is 2.24. The summed E-state index contributed by atoms with van der Waals surface area (Å²) in [5, 5.41) is 16.7. The van der Waals surface area contributed by atoms with Gasteiger partial charge in [0.1, 0.15) is 5.82 Å². The van der Waals surface area contributed by atoms with E-state index in [-0.39, 0.29) is 6.61 Å². The van der Waals surface area contributed by atoms with Crippen LogP contribution in [0.3, 0.4) is 0 Å². The lowest BCUT2D eigenvalue weighted by atomic mass is 10.1. The first kappa shape index (κ1) is 19.3. The molecule has 0 atom stereocenters. The van der Waals surface area contributed by atoms with Crippen molar-refractivity contribution in [1.29, 1.82) is 0 Å². The van der Waals surface area contributed by atoms with Gasteiger partial charge >= 0.3 is 0 Å². The van der Waals surface area contributed by atoms with Gasteiger partial charge in [-0.3, -0.25) is 0 Å². The highest BCUT2D eigenvalue weighted by Crippen LogP contribution is 2.16. The lowest BCUT2D eigenvalue weighted by Crippen LogP contribution is -2.38. The molecular formula is C18H25FN4OS. The molecule has 0 amide bonds. The average molecular weight is 364 g/mol. The van der Waals surface area contributed by atoms with Crippen molar-refractivity contribution in [1.82, 2.24) is 15.6 Å². The number of rotatable bonds is 7. The van der Waals surface area contributed by atoms with Gasteiger partial charge in [0, 0.05) is 30.0 Å². The summed E-state index contributed by atoms with van der Waals surface area (Å²) < 4.78 is 13.4. The molecule has 7 heteroatoms. The van der Waals surface area contributed by atoms with Gasteiger partial charge in [0.25, 0.3) is 0 Å². The molecule has 3 N–H and O–H groups in total. The Balaban J connectivity index is 1.93. The van der Waals surface area contributed by atoms with Gasteiger partial charge in [0.05, 0.1) is 23.9 Å². The van der Waals surface area contributed by atoms with Crippen LogP contribution < -0.4 is 10.6 Å². The number of hydrogen-bond acceptors (Lipinski definition) is 4. The van der Waals surface area contributed by atoms with Crippen LogP contribution in [-0.4, -0.2) is 29.1 Å². The van der Waals surface area contributed by atoms with Crippen LogP contribution in [0.4, 0.5) is 4.39 Å². The highest BCUT2D eigenvalue weighted by atomic mass is 32.1. The molecule has 0 aliphatic carbocycles. The fourth-order valence-electron chi connectivity index (χ4n) is 2.29. The largest absolute Gasteiger partial charge is 0.392 e. The second-order valence-corrected chi connectivity index (χ2v) is 6.99. The minimum absolute atomic E-state index is 0.292. The standard InChI is InChI=1S/C18H25FN4OS/c1-4-20-18(21-8-7-17-23-12(2)13(3)25-17)22-10-14-5-6-16(19)15(9-14)11-24/h5-6,9,24H,4,7-8,10-11H2,1-3H3,(H2,20,21,22). The second kappa shape index (κ2) is 9.48. The van der Waals surface area contributed by atoms with E-state index in [0.29, 0.717) is 18.1 Å². The summed E-state index contributed by atoms with van der Waals surface area (Å²) >= 11 is 1.72. The third-order valence-corrected chi connectivity index (χ3v) is 4.88. The smallest absolute Gasteiger partial charge is 0.191 e. The Bertz CT molecular complexity index is 710. The summed E-state index contributed by atoms with van der Waals surface area (Å²) in [5.74, 6) is 0.316. The van der Waals surface area contributed by atoms with E-state index >= 15 is 0 Å². The zero-order valence-corrected chi connectivity index (χ0v) is 15.7. The van der Waals surface area contributed by atoms with Crippen LogP contribution in [0.15, 0.2) is 23.2 Å². The highest BCUT2D eigenvalue weighted by Gasteiger charge is 2.05. The molecule has 0 aliphatic heterocycles. The zero-order chi connectivity index (χ0) is 18.2. The number of guanidine groups is 1. The lowest BCUT2D eigenvalue weighted by molar-refractivity contribution is 0.275. The van der Waals surface area contributed by atoms with E-state index in [4.69, 9.17) is 5.11 Å². The lowest BCUT2D eigenvalue weighted by Gasteiger charge is -2.11. The number of aryl methyl sites for hydroxylation is 2. The number of nitrogens with one attached hydrogen (secondary N) is 2. The van der Waals surface area contributed by atoms with Crippen molar-refractivity contribution in [2.45, 2.75) is 40.3 Å². The van der Waals surface area contributed by atoms with Crippen LogP contribution in [0, 0.1) is 19.7 Å². The number of aliphatic hydroxyl groups excluding tert-OH is 1. The van der Waals surface area contributed by atoms with Crippen LogP contribution in [0.1, 0.15) is 33.6 Å². The molecule has 5 nitrogen and oxygen atoms in total. The van der Waals surface area contributed by atoms with Crippen molar-refractivity contribution >= 4 is 17.3 Å². The minimum atomic E-state index is -0.394. The van der Waals surface area contributed by atoms with Crippen molar-refractivity contribution < 1.29 is 9.50 Å². The molecule has 0 aliphatic rings. The van der Waals surface area contributed by atoms with Gasteiger partial charge < -0.3 is 15.7 Å². The number of halogens is 1. The van der Waals surface area contributed by atoms with Crippen LogP contribution in [0.5, 0.6) is 0 Å². The molecule has 0 saturated heterocycles. The summed E-state index contributed by atoms with van der Waals surface area (Å²) in [6.07, 6.45) is 0.842. The summed E-state index contributed by atoms with van der Waals surface area (Å²) in [6.45, 7) is 7.71. The number of thiazole rings is 1. The predicted molar refractivity (Wildman–Crippen MR) is 100 cm³/mol. The van der Waals surface area contributed by atoms with E-state index in [9.17, 15) is 4.39 Å². The Hall–Kier alpha value is -1.99. The molecule has 136 valence electrons. The topological polar surface area (TPSA) is 69.5 Å². The zero-order valence-electron chi connectivity index (χ0n) is 14.9. The maximum absolute atomic E-state index is 13.4. The number of aliphatic hydroxyl groups is 1. The number of aromatic nitrogens is 1. The number of nitrogens with zero attached hydrogens (tertiary/aromatic N) is 2. The maximum atomic E-state index is 13.4. The van der Waals surface area contributed by atoms with Gasteiger partial charge in [-0.1, -0.05) is 6.07 Å². The summed E-state index contributed by atoms with van der Waals surface area (Å²) in [7, 11) is 0. The quantitative estimate of drug-likeness (QED) is 0.522. The first-order valence-corrected chi connectivity index (χ1v) is 9.18. The number of aliphatic imine (C=N–C) groups is 1. The molecular weight excluding hydrogens is 339 g/mol. The SMILES string of the molecule is CCNC(=NCc1ccc(F)c(CO)c1)NCCc1nc(C)c(C)s1. The Kier molecular flexibility index (Phi) is 7.33. The molecule has 25 heavy (non-hydrogen) atoms. The van der Waals surface area contributed by atoms with E-state index in [1.54, 1.807) is 23.5 Å². The third kappa shape index (κ3) is 5.79. The molecule has 0 bridgehead atoms. The second-order valence-electron chi connectivity index (χ2n) is 5.71. The van der Waals surface area contributed by atoms with Crippen molar-refractivity contribution in [2.75, 3.05) is 13.1 Å². The maximum Gasteiger partial charge on any atom is 0.191 e. The van der Waals surface area contributed by atoms with E-state index in [1.165, 1.54) is 10.9 Å². The molecule has 0 unspecified atom stereocenters. The van der Waals surface area contributed by atoms with Gasteiger partial charge in [0.2, 0.25) is 0 Å². The first-order chi connectivity index (χ1) is 12.0. The Labute approximate surface area is 152 Å². The van der Waals surface area contributed by atoms with Crippen molar-refractivity contribution in [3.63, 3.8) is 0 Å². The number of benzene rings is 1. The molecule has 2 aromatic rings. The molecule has 1 aromatic carbocycles. The highest BCUT2D eigenvalue weighted by molar-refractivity contribution is 7.11. The normalized spacial score (nSPS) is 11.6.